The first kappa shape index (κ1) is 33.0. The number of piperidine rings is 1. The number of likely N-dealkylation sites (tertiary alicyclic amines) is 1. The molecule has 46 heavy (non-hydrogen) atoms. The first-order valence-corrected chi connectivity index (χ1v) is 14.6. The van der Waals surface area contributed by atoms with Crippen LogP contribution in [0.1, 0.15) is 49.1 Å². The number of nitrogens with zero attached hydrogens (tertiary/aromatic N) is 3. The standard InChI is InChI=1S/C30H33F6N5O5/c1-44-23-5-3-4-19(26(23)45-2)20-13-17(14-25(43)40-10-8-16(9-11-40)12-24(37)42)27-38-39-28(29(31,32)33)41(27)22-7-6-18(15-21(20)22)46-30(34,35)36/h3-7,15-17,20,28,39H,8-14H2,1-2H3,(H2,37,42)/t17-,20-,28?/m1/s1. The molecule has 0 radical (unpaired) electrons. The second kappa shape index (κ2) is 12.8. The van der Waals surface area contributed by atoms with Crippen molar-refractivity contribution in [3.8, 4) is 17.2 Å². The second-order valence-electron chi connectivity index (χ2n) is 11.4. The largest absolute Gasteiger partial charge is 0.573 e. The molecule has 0 saturated carbocycles. The number of amidine groups is 1. The predicted molar refractivity (Wildman–Crippen MR) is 153 cm³/mol. The number of fused-ring (bicyclic) bond motifs is 3. The Morgan fingerprint density at radius 2 is 1.72 bits per heavy atom. The molecule has 2 aromatic carbocycles. The fourth-order valence-corrected chi connectivity index (χ4v) is 6.55. The molecule has 1 fully saturated rings. The molecule has 0 aromatic heterocycles. The van der Waals surface area contributed by atoms with Gasteiger partial charge in [-0.1, -0.05) is 12.1 Å². The van der Waals surface area contributed by atoms with Crippen molar-refractivity contribution in [2.75, 3.05) is 32.2 Å². The van der Waals surface area contributed by atoms with Crippen LogP contribution in [0.3, 0.4) is 0 Å². The Morgan fingerprint density at radius 1 is 1.00 bits per heavy atom. The number of nitrogens with one attached hydrogen (secondary N) is 1. The van der Waals surface area contributed by atoms with Crippen molar-refractivity contribution in [3.63, 3.8) is 0 Å². The van der Waals surface area contributed by atoms with Crippen molar-refractivity contribution in [1.82, 2.24) is 10.3 Å². The highest BCUT2D eigenvalue weighted by atomic mass is 19.4. The summed E-state index contributed by atoms with van der Waals surface area (Å²) in [4.78, 5) is 27.5. The highest BCUT2D eigenvalue weighted by Crippen LogP contribution is 2.50. The molecule has 1 unspecified atom stereocenters. The Balaban J connectivity index is 1.59. The maximum absolute atomic E-state index is 14.4. The molecule has 0 spiro atoms. The summed E-state index contributed by atoms with van der Waals surface area (Å²) in [5.41, 5.74) is 7.90. The Hall–Kier alpha value is -4.37. The molecule has 250 valence electrons. The number of hydrogen-bond acceptors (Lipinski definition) is 8. The van der Waals surface area contributed by atoms with E-state index in [1.54, 1.807) is 23.1 Å². The number of anilines is 1. The minimum absolute atomic E-state index is 0.0164. The molecule has 3 heterocycles. The van der Waals surface area contributed by atoms with Crippen LogP contribution in [0.25, 0.3) is 0 Å². The molecule has 3 atom stereocenters. The number of ether oxygens (including phenoxy) is 3. The molecule has 2 amide bonds. The lowest BCUT2D eigenvalue weighted by atomic mass is 9.82. The van der Waals surface area contributed by atoms with Crippen molar-refractivity contribution >= 4 is 23.3 Å². The van der Waals surface area contributed by atoms with Crippen LogP contribution in [-0.4, -0.2) is 68.6 Å². The van der Waals surface area contributed by atoms with E-state index < -0.39 is 42.2 Å². The number of rotatable bonds is 8. The van der Waals surface area contributed by atoms with Gasteiger partial charge in [-0.05, 0) is 55.0 Å². The average molecular weight is 658 g/mol. The molecule has 0 bridgehead atoms. The van der Waals surface area contributed by atoms with E-state index >= 15 is 0 Å². The third kappa shape index (κ3) is 6.89. The lowest BCUT2D eigenvalue weighted by Gasteiger charge is -2.33. The van der Waals surface area contributed by atoms with Gasteiger partial charge >= 0.3 is 12.5 Å². The molecule has 0 aliphatic carbocycles. The number of carbonyl (C=O) groups excluding carboxylic acids is 2. The molecular formula is C30H33F6N5O5. The summed E-state index contributed by atoms with van der Waals surface area (Å²) < 4.78 is 98.3. The number of amides is 2. The molecule has 2 aromatic rings. The van der Waals surface area contributed by atoms with E-state index in [4.69, 9.17) is 15.2 Å². The maximum atomic E-state index is 14.4. The number of para-hydroxylation sites is 1. The molecule has 1 saturated heterocycles. The summed E-state index contributed by atoms with van der Waals surface area (Å²) >= 11 is 0. The number of alkyl halides is 6. The minimum Gasteiger partial charge on any atom is -0.493 e. The van der Waals surface area contributed by atoms with Crippen LogP contribution in [0, 0.1) is 11.8 Å². The van der Waals surface area contributed by atoms with Crippen LogP contribution in [0.15, 0.2) is 41.5 Å². The summed E-state index contributed by atoms with van der Waals surface area (Å²) in [6.07, 6.45) is -11.2. The van der Waals surface area contributed by atoms with Gasteiger partial charge in [-0.2, -0.15) is 18.3 Å². The van der Waals surface area contributed by atoms with E-state index in [0.717, 1.165) is 23.1 Å². The molecule has 16 heteroatoms. The van der Waals surface area contributed by atoms with Gasteiger partial charge in [0.1, 0.15) is 11.6 Å². The van der Waals surface area contributed by atoms with Gasteiger partial charge < -0.3 is 24.8 Å². The van der Waals surface area contributed by atoms with Crippen LogP contribution >= 0.6 is 0 Å². The van der Waals surface area contributed by atoms with E-state index in [2.05, 4.69) is 15.3 Å². The normalized spacial score (nSPS) is 21.8. The van der Waals surface area contributed by atoms with Crippen molar-refractivity contribution in [2.45, 2.75) is 56.7 Å². The zero-order chi connectivity index (χ0) is 33.4. The van der Waals surface area contributed by atoms with E-state index in [1.165, 1.54) is 14.2 Å². The SMILES string of the molecule is COc1cccc([C@H]2C[C@H](CC(=O)N3CCC(CC(N)=O)CC3)C3=NNC(C(F)(F)F)N3c3ccc(OC(F)(F)F)cc32)c1OC. The Morgan fingerprint density at radius 3 is 2.33 bits per heavy atom. The average Bonchev–Trinajstić information content (AvgIpc) is 3.39. The Bertz CT molecular complexity index is 1490. The number of methoxy groups -OCH3 is 2. The molecule has 3 N–H and O–H groups in total. The number of hydrogen-bond donors (Lipinski definition) is 2. The topological polar surface area (TPSA) is 119 Å². The van der Waals surface area contributed by atoms with E-state index in [1.807, 2.05) is 0 Å². The zero-order valence-electron chi connectivity index (χ0n) is 25.0. The number of halogens is 6. The fraction of sp³-hybridized carbons (Fsp3) is 0.500. The summed E-state index contributed by atoms with van der Waals surface area (Å²) in [6, 6.07) is 8.02. The Kier molecular flexibility index (Phi) is 9.18. The zero-order valence-corrected chi connectivity index (χ0v) is 25.0. The number of benzene rings is 2. The third-order valence-corrected chi connectivity index (χ3v) is 8.56. The Labute approximate surface area is 260 Å². The molecule has 10 nitrogen and oxygen atoms in total. The van der Waals surface area contributed by atoms with Crippen LogP contribution in [0.5, 0.6) is 17.2 Å². The van der Waals surface area contributed by atoms with Crippen LogP contribution in [-0.2, 0) is 9.59 Å². The van der Waals surface area contributed by atoms with Gasteiger partial charge in [0.05, 0.1) is 14.2 Å². The lowest BCUT2D eigenvalue weighted by molar-refractivity contribution is -0.274. The van der Waals surface area contributed by atoms with Crippen LogP contribution in [0.4, 0.5) is 32.0 Å². The number of hydrazone groups is 1. The van der Waals surface area contributed by atoms with Gasteiger partial charge in [0.15, 0.2) is 11.5 Å². The van der Waals surface area contributed by atoms with Crippen molar-refractivity contribution in [2.24, 2.45) is 22.7 Å². The summed E-state index contributed by atoms with van der Waals surface area (Å²) in [5.74, 6) is -2.69. The van der Waals surface area contributed by atoms with Gasteiger partial charge in [0.25, 0.3) is 0 Å². The summed E-state index contributed by atoms with van der Waals surface area (Å²) in [5, 5.41) is 4.06. The van der Waals surface area contributed by atoms with E-state index in [-0.39, 0.29) is 53.9 Å². The van der Waals surface area contributed by atoms with Gasteiger partial charge in [0, 0.05) is 49.0 Å². The number of carbonyl (C=O) groups is 2. The molecular weight excluding hydrogens is 624 g/mol. The molecule has 5 rings (SSSR count). The fourth-order valence-electron chi connectivity index (χ4n) is 6.55. The van der Waals surface area contributed by atoms with Crippen LogP contribution in [0.2, 0.25) is 0 Å². The third-order valence-electron chi connectivity index (χ3n) is 8.56. The minimum atomic E-state index is -5.06. The lowest BCUT2D eigenvalue weighted by Crippen LogP contribution is -2.51. The number of nitrogens with two attached hydrogens (primary N) is 1. The molecule has 3 aliphatic heterocycles. The van der Waals surface area contributed by atoms with Crippen LogP contribution < -0.4 is 30.3 Å². The number of primary amides is 1. The van der Waals surface area contributed by atoms with Gasteiger partial charge in [0.2, 0.25) is 18.0 Å². The first-order chi connectivity index (χ1) is 21.7. The summed E-state index contributed by atoms with van der Waals surface area (Å²) in [7, 11) is 2.77. The second-order valence-corrected chi connectivity index (χ2v) is 11.4. The van der Waals surface area contributed by atoms with Crippen molar-refractivity contribution in [1.29, 1.82) is 0 Å². The quantitative estimate of drug-likeness (QED) is 0.389. The molecule has 3 aliphatic rings. The smallest absolute Gasteiger partial charge is 0.493 e. The van der Waals surface area contributed by atoms with Gasteiger partial charge in [-0.25, -0.2) is 0 Å². The first-order valence-electron chi connectivity index (χ1n) is 14.6. The van der Waals surface area contributed by atoms with Gasteiger partial charge in [-0.3, -0.25) is 19.9 Å². The van der Waals surface area contributed by atoms with E-state index in [9.17, 15) is 35.9 Å². The van der Waals surface area contributed by atoms with Crippen molar-refractivity contribution in [3.05, 3.63) is 47.5 Å². The van der Waals surface area contributed by atoms with Crippen molar-refractivity contribution < 1.29 is 50.1 Å². The predicted octanol–water partition coefficient (Wildman–Crippen LogP) is 4.87. The maximum Gasteiger partial charge on any atom is 0.573 e. The van der Waals surface area contributed by atoms with E-state index in [0.29, 0.717) is 37.2 Å². The highest BCUT2D eigenvalue weighted by Gasteiger charge is 2.52. The monoisotopic (exact) mass is 657 g/mol. The van der Waals surface area contributed by atoms with Gasteiger partial charge in [-0.15, -0.1) is 13.2 Å². The summed E-state index contributed by atoms with van der Waals surface area (Å²) in [6.45, 7) is 0.684. The highest BCUT2D eigenvalue weighted by molar-refractivity contribution is 6.04.